The lowest BCUT2D eigenvalue weighted by molar-refractivity contribution is -0.137. The lowest BCUT2D eigenvalue weighted by Crippen LogP contribution is -2.41. The Bertz CT molecular complexity index is 1160. The third-order valence-electron chi connectivity index (χ3n) is 7.11. The number of rotatable bonds is 11. The fraction of sp³-hybridized carbons (Fsp3) is 0.333. The van der Waals surface area contributed by atoms with Crippen LogP contribution in [0, 0.1) is 0 Å². The predicted molar refractivity (Wildman–Crippen MR) is 139 cm³/mol. The average molecular weight is 485 g/mol. The average Bonchev–Trinajstić information content (AvgIpc) is 3.69. The first-order valence-corrected chi connectivity index (χ1v) is 12.7. The first-order valence-electron chi connectivity index (χ1n) is 12.7. The van der Waals surface area contributed by atoms with Gasteiger partial charge in [0.05, 0.1) is 6.42 Å². The second-order valence-electron chi connectivity index (χ2n) is 9.63. The van der Waals surface area contributed by atoms with Crippen molar-refractivity contribution in [2.24, 2.45) is 0 Å². The second-order valence-corrected chi connectivity index (χ2v) is 9.63. The molecule has 5 rings (SSSR count). The van der Waals surface area contributed by atoms with Crippen molar-refractivity contribution in [3.63, 3.8) is 0 Å². The highest BCUT2D eigenvalue weighted by molar-refractivity contribution is 5.79. The van der Waals surface area contributed by atoms with E-state index in [1.54, 1.807) is 0 Å². The van der Waals surface area contributed by atoms with Crippen molar-refractivity contribution in [3.8, 4) is 11.1 Å². The van der Waals surface area contributed by atoms with Crippen LogP contribution in [-0.2, 0) is 16.1 Å². The molecule has 0 heterocycles. The van der Waals surface area contributed by atoms with Gasteiger partial charge in [0.2, 0.25) is 0 Å². The Kier molecular flexibility index (Phi) is 7.33. The Balaban J connectivity index is 1.23. The summed E-state index contributed by atoms with van der Waals surface area (Å²) >= 11 is 0. The van der Waals surface area contributed by atoms with Crippen LogP contribution in [0.4, 0.5) is 4.79 Å². The Hall–Kier alpha value is -3.64. The zero-order chi connectivity index (χ0) is 24.9. The number of carboxylic acids is 1. The van der Waals surface area contributed by atoms with E-state index in [1.165, 1.54) is 22.3 Å². The van der Waals surface area contributed by atoms with Gasteiger partial charge in [-0.3, -0.25) is 9.69 Å². The SMILES string of the molecule is O=C(O)CCN(CCN(C(=O)OCC1c2ccccc2-c2ccccc21)C1CC1)Cc1ccccc1. The summed E-state index contributed by atoms with van der Waals surface area (Å²) < 4.78 is 5.93. The van der Waals surface area contributed by atoms with Crippen LogP contribution in [-0.4, -0.2) is 59.3 Å². The van der Waals surface area contributed by atoms with Crippen LogP contribution in [0.1, 0.15) is 41.9 Å². The molecule has 0 atom stereocenters. The van der Waals surface area contributed by atoms with E-state index < -0.39 is 5.97 Å². The fourth-order valence-corrected chi connectivity index (χ4v) is 5.10. The van der Waals surface area contributed by atoms with E-state index in [9.17, 15) is 14.7 Å². The number of aliphatic carboxylic acids is 1. The fourth-order valence-electron chi connectivity index (χ4n) is 5.10. The maximum absolute atomic E-state index is 13.2. The molecule has 186 valence electrons. The van der Waals surface area contributed by atoms with Gasteiger partial charge in [0.1, 0.15) is 6.61 Å². The van der Waals surface area contributed by atoms with Gasteiger partial charge in [-0.1, -0.05) is 78.9 Å². The second kappa shape index (κ2) is 11.0. The summed E-state index contributed by atoms with van der Waals surface area (Å²) in [6, 6.07) is 26.9. The molecule has 0 aromatic heterocycles. The van der Waals surface area contributed by atoms with E-state index in [4.69, 9.17) is 4.74 Å². The molecule has 6 nitrogen and oxygen atoms in total. The summed E-state index contributed by atoms with van der Waals surface area (Å²) in [7, 11) is 0. The number of nitrogens with zero attached hydrogens (tertiary/aromatic N) is 2. The first-order chi connectivity index (χ1) is 17.6. The Morgan fingerprint density at radius 1 is 0.806 bits per heavy atom. The monoisotopic (exact) mass is 484 g/mol. The van der Waals surface area contributed by atoms with Gasteiger partial charge in [-0.25, -0.2) is 4.79 Å². The maximum Gasteiger partial charge on any atom is 0.410 e. The van der Waals surface area contributed by atoms with Crippen molar-refractivity contribution >= 4 is 12.1 Å². The van der Waals surface area contributed by atoms with Crippen molar-refractivity contribution in [1.82, 2.24) is 9.80 Å². The Labute approximate surface area is 212 Å². The van der Waals surface area contributed by atoms with Gasteiger partial charge in [0.25, 0.3) is 0 Å². The third kappa shape index (κ3) is 5.60. The largest absolute Gasteiger partial charge is 0.481 e. The molecule has 0 saturated heterocycles. The van der Waals surface area contributed by atoms with Crippen LogP contribution in [0.15, 0.2) is 78.9 Å². The maximum atomic E-state index is 13.2. The molecular weight excluding hydrogens is 452 g/mol. The molecule has 3 aromatic rings. The highest BCUT2D eigenvalue weighted by atomic mass is 16.6. The minimum atomic E-state index is -0.816. The van der Waals surface area contributed by atoms with Gasteiger partial charge in [-0.2, -0.15) is 0 Å². The molecule has 6 heteroatoms. The highest BCUT2D eigenvalue weighted by Gasteiger charge is 2.35. The topological polar surface area (TPSA) is 70.1 Å². The number of hydrogen-bond donors (Lipinski definition) is 1. The van der Waals surface area contributed by atoms with Gasteiger partial charge in [-0.05, 0) is 40.7 Å². The van der Waals surface area contributed by atoms with Crippen molar-refractivity contribution in [3.05, 3.63) is 95.6 Å². The standard InChI is InChI=1S/C30H32N2O4/c33-29(34)16-17-31(20-22-8-2-1-3-9-22)18-19-32(23-14-15-23)30(35)36-21-28-26-12-6-4-10-24(26)25-11-5-7-13-27(25)28/h1-13,23,28H,14-21H2,(H,33,34). The van der Waals surface area contributed by atoms with E-state index in [-0.39, 0.29) is 24.5 Å². The van der Waals surface area contributed by atoms with Crippen LogP contribution < -0.4 is 0 Å². The summed E-state index contributed by atoms with van der Waals surface area (Å²) in [5, 5.41) is 9.19. The number of carbonyl (C=O) groups excluding carboxylic acids is 1. The number of hydrogen-bond acceptors (Lipinski definition) is 4. The van der Waals surface area contributed by atoms with E-state index in [1.807, 2.05) is 59.5 Å². The third-order valence-corrected chi connectivity index (χ3v) is 7.11. The van der Waals surface area contributed by atoms with E-state index in [0.717, 1.165) is 18.4 Å². The Morgan fingerprint density at radius 2 is 1.42 bits per heavy atom. The molecule has 2 aliphatic carbocycles. The highest BCUT2D eigenvalue weighted by Crippen LogP contribution is 2.44. The molecule has 0 radical (unpaired) electrons. The lowest BCUT2D eigenvalue weighted by atomic mass is 9.98. The molecule has 36 heavy (non-hydrogen) atoms. The minimum Gasteiger partial charge on any atom is -0.481 e. The van der Waals surface area contributed by atoms with Gasteiger partial charge in [0.15, 0.2) is 0 Å². The van der Waals surface area contributed by atoms with Crippen LogP contribution in [0.3, 0.4) is 0 Å². The van der Waals surface area contributed by atoms with E-state index in [2.05, 4.69) is 29.2 Å². The van der Waals surface area contributed by atoms with Crippen molar-refractivity contribution in [2.75, 3.05) is 26.2 Å². The summed E-state index contributed by atoms with van der Waals surface area (Å²) in [4.78, 5) is 28.4. The summed E-state index contributed by atoms with van der Waals surface area (Å²) in [5.41, 5.74) is 5.95. The van der Waals surface area contributed by atoms with Crippen molar-refractivity contribution in [2.45, 2.75) is 37.8 Å². The van der Waals surface area contributed by atoms with Crippen LogP contribution in [0.5, 0.6) is 0 Å². The normalized spacial score (nSPS) is 14.4. The molecule has 0 bridgehead atoms. The number of carbonyl (C=O) groups is 2. The predicted octanol–water partition coefficient (Wildman–Crippen LogP) is 5.38. The molecule has 2 aliphatic rings. The summed E-state index contributed by atoms with van der Waals surface area (Å²) in [5.74, 6) is -0.781. The van der Waals surface area contributed by atoms with E-state index >= 15 is 0 Å². The molecule has 1 fully saturated rings. The smallest absolute Gasteiger partial charge is 0.410 e. The number of fused-ring (bicyclic) bond motifs is 3. The van der Waals surface area contributed by atoms with E-state index in [0.29, 0.717) is 32.8 Å². The zero-order valence-electron chi connectivity index (χ0n) is 20.4. The van der Waals surface area contributed by atoms with Crippen LogP contribution >= 0.6 is 0 Å². The van der Waals surface area contributed by atoms with Gasteiger partial charge >= 0.3 is 12.1 Å². The quantitative estimate of drug-likeness (QED) is 0.396. The van der Waals surface area contributed by atoms with Crippen molar-refractivity contribution < 1.29 is 19.4 Å². The molecule has 1 amide bonds. The molecule has 0 aliphatic heterocycles. The number of benzene rings is 3. The molecule has 1 N–H and O–H groups in total. The molecule has 0 spiro atoms. The summed E-state index contributed by atoms with van der Waals surface area (Å²) in [6.07, 6.45) is 1.76. The number of carboxylic acid groups (broad SMARTS) is 1. The Morgan fingerprint density at radius 3 is 2.03 bits per heavy atom. The van der Waals surface area contributed by atoms with Crippen LogP contribution in [0.2, 0.25) is 0 Å². The number of ether oxygens (including phenoxy) is 1. The van der Waals surface area contributed by atoms with Crippen LogP contribution in [0.25, 0.3) is 11.1 Å². The number of amides is 1. The molecular formula is C30H32N2O4. The van der Waals surface area contributed by atoms with Gasteiger partial charge in [0, 0.05) is 38.1 Å². The minimum absolute atomic E-state index is 0.0348. The molecule has 1 saturated carbocycles. The first kappa shape index (κ1) is 24.1. The summed E-state index contributed by atoms with van der Waals surface area (Å²) in [6.45, 7) is 2.52. The van der Waals surface area contributed by atoms with Gasteiger partial charge in [-0.15, -0.1) is 0 Å². The zero-order valence-corrected chi connectivity index (χ0v) is 20.4. The molecule has 3 aromatic carbocycles. The lowest BCUT2D eigenvalue weighted by Gasteiger charge is -2.28. The van der Waals surface area contributed by atoms with Crippen molar-refractivity contribution in [1.29, 1.82) is 0 Å². The molecule has 0 unspecified atom stereocenters. The van der Waals surface area contributed by atoms with Gasteiger partial charge < -0.3 is 14.7 Å².